The number of nitrogens with one attached hydrogen (secondary N) is 2. The van der Waals surface area contributed by atoms with Crippen LogP contribution in [0, 0.1) is 0 Å². The van der Waals surface area contributed by atoms with Crippen LogP contribution in [0.2, 0.25) is 0 Å². The van der Waals surface area contributed by atoms with E-state index in [2.05, 4.69) is 20.6 Å². The number of rotatable bonds is 0. The third kappa shape index (κ3) is 3.64. The number of hydrogen-bond donors (Lipinski definition) is 2. The Morgan fingerprint density at radius 3 is 1.50 bits per heavy atom. The number of aliphatic imine (C=N–C) groups is 2. The summed E-state index contributed by atoms with van der Waals surface area (Å²) in [6.07, 6.45) is 0. The average molecular weight is 439 g/mol. The van der Waals surface area contributed by atoms with Gasteiger partial charge in [0.2, 0.25) is 0 Å². The van der Waals surface area contributed by atoms with E-state index >= 15 is 0 Å². The maximum Gasteiger partial charge on any atom is 0.315 e. The lowest BCUT2D eigenvalue weighted by Crippen LogP contribution is -2.43. The van der Waals surface area contributed by atoms with E-state index in [1.54, 1.807) is 0 Å². The van der Waals surface area contributed by atoms with Crippen LogP contribution < -0.4 is 10.6 Å². The lowest BCUT2D eigenvalue weighted by Gasteiger charge is -2.07. The van der Waals surface area contributed by atoms with E-state index in [1.165, 1.54) is 0 Å². The number of carbonyl (C=O) groups is 2. The van der Waals surface area contributed by atoms with Gasteiger partial charge in [-0.3, -0.25) is 30.2 Å². The van der Waals surface area contributed by atoms with Crippen molar-refractivity contribution in [2.75, 3.05) is 23.0 Å². The summed E-state index contributed by atoms with van der Waals surface area (Å²) >= 11 is 2.28. The molecule has 0 aromatic heterocycles. The SMILES string of the molecule is O=C(NC1=N[C@H]2CS(=O)(=O)C[C@@H]2S1)C(=O)NC1=N[C@H]2CS(=O)(=O)C[C@H]2S1. The van der Waals surface area contributed by atoms with Crippen LogP contribution in [0.5, 0.6) is 0 Å². The number of amides is 2. The van der Waals surface area contributed by atoms with Crippen LogP contribution in [0.25, 0.3) is 0 Å². The Morgan fingerprint density at radius 1 is 0.769 bits per heavy atom. The number of carbonyl (C=O) groups excluding carboxylic acids is 2. The minimum atomic E-state index is -3.09. The van der Waals surface area contributed by atoms with Crippen LogP contribution in [0.3, 0.4) is 0 Å². The molecule has 0 spiro atoms. The molecular weight excluding hydrogens is 424 g/mol. The van der Waals surface area contributed by atoms with Crippen molar-refractivity contribution in [3.05, 3.63) is 0 Å². The lowest BCUT2D eigenvalue weighted by atomic mass is 10.3. The number of sulfone groups is 2. The second-order valence-electron chi connectivity index (χ2n) is 6.38. The molecule has 0 saturated carbocycles. The largest absolute Gasteiger partial charge is 0.315 e. The van der Waals surface area contributed by atoms with Crippen molar-refractivity contribution in [1.29, 1.82) is 0 Å². The van der Waals surface area contributed by atoms with Crippen LogP contribution >= 0.6 is 23.5 Å². The van der Waals surface area contributed by atoms with Crippen molar-refractivity contribution >= 4 is 65.3 Å². The topological polar surface area (TPSA) is 151 Å². The summed E-state index contributed by atoms with van der Waals surface area (Å²) in [5.41, 5.74) is 0. The number of fused-ring (bicyclic) bond motifs is 2. The van der Waals surface area contributed by atoms with Crippen molar-refractivity contribution in [1.82, 2.24) is 10.6 Å². The molecule has 4 rings (SSSR count). The highest BCUT2D eigenvalue weighted by molar-refractivity contribution is 8.15. The normalized spacial score (nSPS) is 36.0. The average Bonchev–Trinajstić information content (AvgIpc) is 3.14. The molecule has 2 N–H and O–H groups in total. The molecule has 14 heteroatoms. The Kier molecular flexibility index (Phi) is 4.36. The van der Waals surface area contributed by atoms with Gasteiger partial charge in [-0.1, -0.05) is 23.5 Å². The number of hydrogen-bond acceptors (Lipinski definition) is 10. The molecule has 4 aliphatic heterocycles. The van der Waals surface area contributed by atoms with E-state index < -0.39 is 31.5 Å². The lowest BCUT2D eigenvalue weighted by molar-refractivity contribution is -0.137. The first-order valence-electron chi connectivity index (χ1n) is 7.62. The van der Waals surface area contributed by atoms with Crippen molar-refractivity contribution in [3.63, 3.8) is 0 Å². The summed E-state index contributed by atoms with van der Waals surface area (Å²) in [6.45, 7) is 0. The van der Waals surface area contributed by atoms with Gasteiger partial charge in [-0.2, -0.15) is 0 Å². The van der Waals surface area contributed by atoms with Crippen LogP contribution in [0.4, 0.5) is 0 Å². The summed E-state index contributed by atoms with van der Waals surface area (Å²) in [4.78, 5) is 32.3. The third-order valence-corrected chi connectivity index (χ3v) is 10.6. The van der Waals surface area contributed by atoms with Gasteiger partial charge < -0.3 is 0 Å². The fourth-order valence-corrected chi connectivity index (χ4v) is 10.4. The summed E-state index contributed by atoms with van der Waals surface area (Å²) < 4.78 is 46.0. The molecule has 4 aliphatic rings. The number of nitrogens with zero attached hydrogens (tertiary/aromatic N) is 2. The second kappa shape index (κ2) is 6.21. The molecule has 0 radical (unpaired) electrons. The molecule has 4 atom stereocenters. The summed E-state index contributed by atoms with van der Waals surface area (Å²) in [7, 11) is -6.17. The summed E-state index contributed by atoms with van der Waals surface area (Å²) in [5.74, 6) is -1.92. The molecule has 2 fully saturated rings. The number of amidine groups is 2. The first kappa shape index (κ1) is 18.3. The van der Waals surface area contributed by atoms with Gasteiger partial charge in [0.1, 0.15) is 0 Å². The Hall–Kier alpha value is -1.12. The molecule has 4 heterocycles. The number of thioether (sulfide) groups is 2. The van der Waals surface area contributed by atoms with Crippen molar-refractivity contribution < 1.29 is 26.4 Å². The fourth-order valence-electron chi connectivity index (χ4n) is 3.14. The van der Waals surface area contributed by atoms with E-state index in [1.807, 2.05) is 0 Å². The van der Waals surface area contributed by atoms with Gasteiger partial charge in [-0.15, -0.1) is 0 Å². The van der Waals surface area contributed by atoms with Crippen molar-refractivity contribution in [2.45, 2.75) is 22.6 Å². The quantitative estimate of drug-likeness (QED) is 0.403. The maximum atomic E-state index is 12.0. The van der Waals surface area contributed by atoms with Gasteiger partial charge in [-0.25, -0.2) is 16.8 Å². The van der Waals surface area contributed by atoms with Crippen molar-refractivity contribution in [2.24, 2.45) is 9.98 Å². The maximum absolute atomic E-state index is 12.0. The van der Waals surface area contributed by atoms with Gasteiger partial charge in [0.25, 0.3) is 0 Å². The Balaban J connectivity index is 1.32. The molecule has 10 nitrogen and oxygen atoms in total. The predicted molar refractivity (Wildman–Crippen MR) is 98.8 cm³/mol. The van der Waals surface area contributed by atoms with Gasteiger partial charge in [0.05, 0.1) is 35.1 Å². The standard InChI is InChI=1S/C12H14N4O6S4/c17-9(15-11-13-5-1-25(19,20)3-7(5)23-11)10(18)16-12-14-6-2-26(21,22)4-8(6)24-12/h5-8H,1-4H2,(H,13,15,17)(H,14,16,18)/t5-,6-,7-,8+/m0/s1. The predicted octanol–water partition coefficient (Wildman–Crippen LogP) is -2.24. The molecule has 0 aromatic carbocycles. The Labute approximate surface area is 157 Å². The van der Waals surface area contributed by atoms with Crippen molar-refractivity contribution in [3.8, 4) is 0 Å². The highest BCUT2D eigenvalue weighted by Crippen LogP contribution is 2.34. The minimum Gasteiger partial charge on any atom is -0.297 e. The van der Waals surface area contributed by atoms with Crippen LogP contribution in [-0.4, -0.2) is 84.6 Å². The first-order valence-corrected chi connectivity index (χ1v) is 13.0. The molecule has 0 aromatic rings. The van der Waals surface area contributed by atoms with Gasteiger partial charge in [0, 0.05) is 10.5 Å². The summed E-state index contributed by atoms with van der Waals surface area (Å²) in [6, 6.07) is -0.779. The molecular formula is C12H14N4O6S4. The zero-order valence-electron chi connectivity index (χ0n) is 13.1. The van der Waals surface area contributed by atoms with E-state index in [9.17, 15) is 26.4 Å². The minimum absolute atomic E-state index is 0.0104. The third-order valence-electron chi connectivity index (χ3n) is 4.28. The van der Waals surface area contributed by atoms with E-state index in [0.29, 0.717) is 0 Å². The molecule has 26 heavy (non-hydrogen) atoms. The molecule has 142 valence electrons. The smallest absolute Gasteiger partial charge is 0.297 e. The van der Waals surface area contributed by atoms with Gasteiger partial charge in [0.15, 0.2) is 30.0 Å². The van der Waals surface area contributed by atoms with E-state index in [-0.39, 0.29) is 55.9 Å². The zero-order chi connectivity index (χ0) is 18.7. The van der Waals surface area contributed by atoms with Gasteiger partial charge in [-0.05, 0) is 0 Å². The molecule has 2 saturated heterocycles. The Bertz CT molecular complexity index is 878. The zero-order valence-corrected chi connectivity index (χ0v) is 16.4. The Morgan fingerprint density at radius 2 is 1.15 bits per heavy atom. The highest BCUT2D eigenvalue weighted by Gasteiger charge is 2.44. The van der Waals surface area contributed by atoms with Crippen LogP contribution in [-0.2, 0) is 29.3 Å². The summed E-state index contributed by atoms with van der Waals surface area (Å²) in [5, 5.41) is 4.77. The van der Waals surface area contributed by atoms with Gasteiger partial charge >= 0.3 is 11.8 Å². The molecule has 2 amide bonds. The molecule has 0 unspecified atom stereocenters. The monoisotopic (exact) mass is 438 g/mol. The molecule has 0 bridgehead atoms. The van der Waals surface area contributed by atoms with E-state index in [4.69, 9.17) is 0 Å². The highest BCUT2D eigenvalue weighted by atomic mass is 32.2. The first-order chi connectivity index (χ1) is 12.1. The van der Waals surface area contributed by atoms with E-state index in [0.717, 1.165) is 23.5 Å². The van der Waals surface area contributed by atoms with Crippen LogP contribution in [0.1, 0.15) is 0 Å². The second-order valence-corrected chi connectivity index (χ2v) is 13.1. The van der Waals surface area contributed by atoms with Crippen LogP contribution in [0.15, 0.2) is 9.98 Å². The molecule has 0 aliphatic carbocycles. The fraction of sp³-hybridized carbons (Fsp3) is 0.667.